The number of rotatable bonds is 5. The molecule has 7 heteroatoms. The van der Waals surface area contributed by atoms with Crippen molar-refractivity contribution in [3.05, 3.63) is 28.8 Å². The highest BCUT2D eigenvalue weighted by Gasteiger charge is 2.29. The minimum Gasteiger partial charge on any atom is -0.425 e. The summed E-state index contributed by atoms with van der Waals surface area (Å²) in [6.45, 7) is 5.53. The Labute approximate surface area is 134 Å². The molecule has 1 amide bonds. The highest BCUT2D eigenvalue weighted by Crippen LogP contribution is 2.29. The van der Waals surface area contributed by atoms with Crippen LogP contribution < -0.4 is 5.32 Å². The Hall–Kier alpha value is -2.18. The maximum Gasteiger partial charge on any atom is 0.257 e. The van der Waals surface area contributed by atoms with E-state index in [9.17, 15) is 4.79 Å². The summed E-state index contributed by atoms with van der Waals surface area (Å²) in [6.07, 6.45) is 4.49. The lowest BCUT2D eigenvalue weighted by Gasteiger charge is -2.12. The summed E-state index contributed by atoms with van der Waals surface area (Å²) in [5.41, 5.74) is 1.19. The predicted molar refractivity (Wildman–Crippen MR) is 82.0 cm³/mol. The maximum atomic E-state index is 12.4. The van der Waals surface area contributed by atoms with Crippen molar-refractivity contribution in [2.45, 2.75) is 58.9 Å². The van der Waals surface area contributed by atoms with E-state index in [1.807, 2.05) is 6.92 Å². The second-order valence-corrected chi connectivity index (χ2v) is 6.20. The molecule has 23 heavy (non-hydrogen) atoms. The zero-order valence-electron chi connectivity index (χ0n) is 13.8. The van der Waals surface area contributed by atoms with Gasteiger partial charge in [0, 0.05) is 18.9 Å². The fourth-order valence-electron chi connectivity index (χ4n) is 3.22. The predicted octanol–water partition coefficient (Wildman–Crippen LogP) is 2.38. The molecule has 2 aromatic rings. The summed E-state index contributed by atoms with van der Waals surface area (Å²) in [6, 6.07) is 0.176. The van der Waals surface area contributed by atoms with E-state index in [4.69, 9.17) is 8.94 Å². The minimum absolute atomic E-state index is 0.0991. The monoisotopic (exact) mass is 318 g/mol. The molecule has 2 atom stereocenters. The topological polar surface area (TPSA) is 94.1 Å². The summed E-state index contributed by atoms with van der Waals surface area (Å²) in [5, 5.41) is 15.0. The number of amides is 1. The van der Waals surface area contributed by atoms with Gasteiger partial charge in [-0.15, -0.1) is 10.2 Å². The first-order valence-corrected chi connectivity index (χ1v) is 8.11. The molecule has 0 unspecified atom stereocenters. The van der Waals surface area contributed by atoms with Gasteiger partial charge in [-0.25, -0.2) is 0 Å². The van der Waals surface area contributed by atoms with E-state index in [0.717, 1.165) is 32.1 Å². The summed E-state index contributed by atoms with van der Waals surface area (Å²) >= 11 is 0. The molecule has 1 aliphatic carbocycles. The first-order valence-electron chi connectivity index (χ1n) is 8.11. The first-order chi connectivity index (χ1) is 11.1. The Bertz CT molecular complexity index is 672. The van der Waals surface area contributed by atoms with Crippen molar-refractivity contribution in [1.82, 2.24) is 20.7 Å². The van der Waals surface area contributed by atoms with E-state index < -0.39 is 0 Å². The van der Waals surface area contributed by atoms with Gasteiger partial charge >= 0.3 is 0 Å². The van der Waals surface area contributed by atoms with Gasteiger partial charge in [0.25, 0.3) is 5.91 Å². The van der Waals surface area contributed by atoms with Gasteiger partial charge in [0.1, 0.15) is 11.3 Å². The van der Waals surface area contributed by atoms with E-state index in [1.165, 1.54) is 0 Å². The highest BCUT2D eigenvalue weighted by molar-refractivity contribution is 5.96. The Kier molecular flexibility index (Phi) is 4.45. The lowest BCUT2D eigenvalue weighted by Crippen LogP contribution is -2.33. The van der Waals surface area contributed by atoms with Gasteiger partial charge in [-0.1, -0.05) is 12.1 Å². The van der Waals surface area contributed by atoms with Gasteiger partial charge in [0.2, 0.25) is 11.8 Å². The Morgan fingerprint density at radius 3 is 2.70 bits per heavy atom. The number of aromatic nitrogens is 3. The molecule has 0 spiro atoms. The molecule has 1 saturated carbocycles. The molecule has 1 N–H and O–H groups in total. The summed E-state index contributed by atoms with van der Waals surface area (Å²) in [7, 11) is 0. The van der Waals surface area contributed by atoms with Crippen molar-refractivity contribution in [1.29, 1.82) is 0 Å². The van der Waals surface area contributed by atoms with Crippen LogP contribution in [-0.4, -0.2) is 27.3 Å². The van der Waals surface area contributed by atoms with E-state index in [-0.39, 0.29) is 11.9 Å². The molecule has 2 heterocycles. The van der Waals surface area contributed by atoms with E-state index in [1.54, 1.807) is 13.8 Å². The summed E-state index contributed by atoms with van der Waals surface area (Å²) < 4.78 is 10.6. The molecular weight excluding hydrogens is 296 g/mol. The van der Waals surface area contributed by atoms with Crippen molar-refractivity contribution in [3.8, 4) is 0 Å². The molecule has 0 aromatic carbocycles. The molecule has 0 bridgehead atoms. The number of carbonyl (C=O) groups excluding carboxylic acids is 1. The van der Waals surface area contributed by atoms with Gasteiger partial charge in [0.05, 0.1) is 5.69 Å². The number of nitrogens with zero attached hydrogens (tertiary/aromatic N) is 3. The third kappa shape index (κ3) is 3.43. The van der Waals surface area contributed by atoms with Crippen LogP contribution >= 0.6 is 0 Å². The van der Waals surface area contributed by atoms with Crippen LogP contribution in [0.2, 0.25) is 0 Å². The van der Waals surface area contributed by atoms with Crippen LogP contribution in [0.4, 0.5) is 0 Å². The van der Waals surface area contributed by atoms with E-state index in [2.05, 4.69) is 20.7 Å². The minimum atomic E-state index is -0.0991. The number of nitrogens with one attached hydrogen (secondary N) is 1. The number of hydrogen-bond acceptors (Lipinski definition) is 6. The average molecular weight is 318 g/mol. The fraction of sp³-hybridized carbons (Fsp3) is 0.625. The number of carbonyl (C=O) groups is 1. The van der Waals surface area contributed by atoms with Gasteiger partial charge in [-0.3, -0.25) is 4.79 Å². The van der Waals surface area contributed by atoms with Crippen LogP contribution in [0.3, 0.4) is 0 Å². The standard InChI is InChI=1S/C16H22N4O3/c1-4-13-18-19-14(22-13)8-11-5-6-12(7-11)17-16(21)15-9(2)20-23-10(15)3/h11-12H,4-8H2,1-3H3,(H,17,21)/t11-,12+/m1/s1. The lowest BCUT2D eigenvalue weighted by molar-refractivity contribution is 0.0935. The lowest BCUT2D eigenvalue weighted by atomic mass is 10.0. The van der Waals surface area contributed by atoms with Crippen LogP contribution in [0.15, 0.2) is 8.94 Å². The maximum absolute atomic E-state index is 12.4. The van der Waals surface area contributed by atoms with Crippen LogP contribution in [0, 0.1) is 19.8 Å². The molecule has 2 aromatic heterocycles. The highest BCUT2D eigenvalue weighted by atomic mass is 16.5. The van der Waals surface area contributed by atoms with Crippen molar-refractivity contribution in [2.24, 2.45) is 5.92 Å². The van der Waals surface area contributed by atoms with Crippen molar-refractivity contribution < 1.29 is 13.7 Å². The molecule has 0 radical (unpaired) electrons. The first kappa shape index (κ1) is 15.7. The normalized spacial score (nSPS) is 20.8. The Morgan fingerprint density at radius 1 is 1.26 bits per heavy atom. The zero-order chi connectivity index (χ0) is 16.4. The fourth-order valence-corrected chi connectivity index (χ4v) is 3.22. The third-order valence-corrected chi connectivity index (χ3v) is 4.41. The number of hydrogen-bond donors (Lipinski definition) is 1. The average Bonchev–Trinajstić information content (AvgIpc) is 3.21. The van der Waals surface area contributed by atoms with Crippen molar-refractivity contribution in [2.75, 3.05) is 0 Å². The Balaban J connectivity index is 1.54. The van der Waals surface area contributed by atoms with Gasteiger partial charge in [-0.05, 0) is 39.0 Å². The zero-order valence-corrected chi connectivity index (χ0v) is 13.8. The smallest absolute Gasteiger partial charge is 0.257 e. The molecule has 1 aliphatic rings. The SMILES string of the molecule is CCc1nnc(C[C@@H]2CC[C@H](NC(=O)c3c(C)noc3C)C2)o1. The van der Waals surface area contributed by atoms with Crippen LogP contribution in [0.25, 0.3) is 0 Å². The largest absolute Gasteiger partial charge is 0.425 e. The van der Waals surface area contributed by atoms with Gasteiger partial charge in [-0.2, -0.15) is 0 Å². The van der Waals surface area contributed by atoms with Crippen LogP contribution in [0.5, 0.6) is 0 Å². The summed E-state index contributed by atoms with van der Waals surface area (Å²) in [4.78, 5) is 12.4. The quantitative estimate of drug-likeness (QED) is 0.909. The van der Waals surface area contributed by atoms with Gasteiger partial charge < -0.3 is 14.3 Å². The van der Waals surface area contributed by atoms with E-state index in [0.29, 0.717) is 34.7 Å². The summed E-state index contributed by atoms with van der Waals surface area (Å²) in [5.74, 6) is 2.31. The van der Waals surface area contributed by atoms with Crippen LogP contribution in [-0.2, 0) is 12.8 Å². The number of aryl methyl sites for hydroxylation is 3. The van der Waals surface area contributed by atoms with Crippen LogP contribution in [0.1, 0.15) is 59.8 Å². The molecule has 124 valence electrons. The van der Waals surface area contributed by atoms with Gasteiger partial charge in [0.15, 0.2) is 0 Å². The molecule has 0 aliphatic heterocycles. The molecule has 1 fully saturated rings. The molecule has 0 saturated heterocycles. The second-order valence-electron chi connectivity index (χ2n) is 6.20. The molecular formula is C16H22N4O3. The van der Waals surface area contributed by atoms with E-state index >= 15 is 0 Å². The molecule has 7 nitrogen and oxygen atoms in total. The van der Waals surface area contributed by atoms with Crippen molar-refractivity contribution >= 4 is 5.91 Å². The van der Waals surface area contributed by atoms with Crippen molar-refractivity contribution in [3.63, 3.8) is 0 Å². The third-order valence-electron chi connectivity index (χ3n) is 4.41. The second kappa shape index (κ2) is 6.52. The Morgan fingerprint density at radius 2 is 2.04 bits per heavy atom. The molecule has 3 rings (SSSR count).